The van der Waals surface area contributed by atoms with Crippen molar-refractivity contribution in [2.24, 2.45) is 17.8 Å². The number of fused-ring (bicyclic) bond motifs is 3. The molecular weight excluding hydrogens is 421 g/mol. The Hall–Kier alpha value is -2.42. The van der Waals surface area contributed by atoms with E-state index >= 15 is 0 Å². The van der Waals surface area contributed by atoms with Gasteiger partial charge in [0.2, 0.25) is 11.8 Å². The van der Waals surface area contributed by atoms with Crippen molar-refractivity contribution in [1.82, 2.24) is 4.90 Å². The summed E-state index contributed by atoms with van der Waals surface area (Å²) >= 11 is 0. The lowest BCUT2D eigenvalue weighted by Gasteiger charge is -2.43. The van der Waals surface area contributed by atoms with E-state index in [4.69, 9.17) is 4.65 Å². The van der Waals surface area contributed by atoms with Gasteiger partial charge in [0.05, 0.1) is 24.5 Å². The number of aliphatic hydroxyl groups excluding tert-OH is 1. The Bertz CT molecular complexity index is 972. The number of hydrogen-bond donors (Lipinski definition) is 3. The summed E-state index contributed by atoms with van der Waals surface area (Å²) in [5.74, 6) is -1.42. The Balaban J connectivity index is 1.59. The molecule has 3 aliphatic rings. The largest absolute Gasteiger partial charge is 0.508 e. The lowest BCUT2D eigenvalue weighted by molar-refractivity contribution is -0.138. The Labute approximate surface area is 194 Å². The summed E-state index contributed by atoms with van der Waals surface area (Å²) in [7, 11) is 0.506. The van der Waals surface area contributed by atoms with Gasteiger partial charge in [-0.15, -0.1) is 0 Å². The number of rotatable bonds is 7. The molecule has 1 aromatic rings. The SMILES string of the molecule is CCC/C(=C\c1ccc(O)cc1)CC[C@H]1OB(O)C[C@H]2C1=C(CO)C[C@H]1C(=O)N(C)C(=O)[C@H]12. The average molecular weight is 453 g/mol. The van der Waals surface area contributed by atoms with Crippen molar-refractivity contribution in [3.8, 4) is 5.75 Å². The van der Waals surface area contributed by atoms with Crippen LogP contribution in [0, 0.1) is 17.8 Å². The van der Waals surface area contributed by atoms with Crippen LogP contribution >= 0.6 is 0 Å². The second-order valence-corrected chi connectivity index (χ2v) is 9.39. The van der Waals surface area contributed by atoms with E-state index in [1.54, 1.807) is 12.1 Å². The molecule has 33 heavy (non-hydrogen) atoms. The van der Waals surface area contributed by atoms with Crippen molar-refractivity contribution in [3.63, 3.8) is 0 Å². The molecule has 2 heterocycles. The van der Waals surface area contributed by atoms with E-state index in [9.17, 15) is 24.8 Å². The number of imide groups is 1. The first-order valence-corrected chi connectivity index (χ1v) is 11.8. The molecule has 0 unspecified atom stereocenters. The van der Waals surface area contributed by atoms with Crippen LogP contribution in [0.15, 0.2) is 41.0 Å². The second-order valence-electron chi connectivity index (χ2n) is 9.39. The summed E-state index contributed by atoms with van der Waals surface area (Å²) in [4.78, 5) is 26.7. The van der Waals surface area contributed by atoms with Gasteiger partial charge in [-0.25, -0.2) is 0 Å². The normalized spacial score (nSPS) is 27.8. The lowest BCUT2D eigenvalue weighted by atomic mass is 9.58. The molecule has 8 heteroatoms. The molecule has 176 valence electrons. The van der Waals surface area contributed by atoms with Gasteiger partial charge < -0.3 is 19.9 Å². The third kappa shape index (κ3) is 4.65. The molecule has 2 saturated heterocycles. The minimum atomic E-state index is -1.01. The number of nitrogens with zero attached hydrogens (tertiary/aromatic N) is 1. The van der Waals surface area contributed by atoms with Crippen molar-refractivity contribution in [3.05, 3.63) is 46.5 Å². The smallest absolute Gasteiger partial charge is 0.455 e. The third-order valence-corrected chi connectivity index (χ3v) is 7.28. The zero-order valence-electron chi connectivity index (χ0n) is 19.2. The van der Waals surface area contributed by atoms with Gasteiger partial charge in [0.25, 0.3) is 0 Å². The number of phenols is 1. The summed E-state index contributed by atoms with van der Waals surface area (Å²) < 4.78 is 5.94. The maximum Gasteiger partial charge on any atom is 0.455 e. The average Bonchev–Trinajstić information content (AvgIpc) is 3.02. The molecule has 1 aliphatic carbocycles. The molecule has 1 aromatic carbocycles. The number of hydrogen-bond acceptors (Lipinski definition) is 6. The van der Waals surface area contributed by atoms with Crippen LogP contribution in [0.2, 0.25) is 6.32 Å². The van der Waals surface area contributed by atoms with Gasteiger partial charge in [0, 0.05) is 7.05 Å². The van der Waals surface area contributed by atoms with Crippen molar-refractivity contribution < 1.29 is 29.5 Å². The highest BCUT2D eigenvalue weighted by atomic mass is 16.5. The molecule has 0 spiro atoms. The van der Waals surface area contributed by atoms with Crippen LogP contribution in [0.4, 0.5) is 0 Å². The van der Waals surface area contributed by atoms with Crippen LogP contribution in [0.5, 0.6) is 5.75 Å². The highest BCUT2D eigenvalue weighted by molar-refractivity contribution is 6.43. The fourth-order valence-corrected chi connectivity index (χ4v) is 5.78. The highest BCUT2D eigenvalue weighted by Gasteiger charge is 2.56. The second kappa shape index (κ2) is 9.83. The van der Waals surface area contributed by atoms with Crippen LogP contribution in [-0.4, -0.2) is 58.8 Å². The predicted octanol–water partition coefficient (Wildman–Crippen LogP) is 2.78. The number of phenolic OH excluding ortho intramolecular Hbond substituents is 1. The molecule has 7 nitrogen and oxygen atoms in total. The molecule has 0 saturated carbocycles. The lowest BCUT2D eigenvalue weighted by Crippen LogP contribution is -2.46. The summed E-state index contributed by atoms with van der Waals surface area (Å²) in [6.07, 6.45) is 5.58. The molecule has 2 aliphatic heterocycles. The quantitative estimate of drug-likeness (QED) is 0.333. The minimum Gasteiger partial charge on any atom is -0.508 e. The predicted molar refractivity (Wildman–Crippen MR) is 125 cm³/mol. The first-order chi connectivity index (χ1) is 15.8. The third-order valence-electron chi connectivity index (χ3n) is 7.28. The van der Waals surface area contributed by atoms with E-state index in [0.717, 1.165) is 36.0 Å². The molecular formula is C25H32BNO6. The first-order valence-electron chi connectivity index (χ1n) is 11.8. The van der Waals surface area contributed by atoms with Crippen LogP contribution in [0.25, 0.3) is 6.08 Å². The van der Waals surface area contributed by atoms with E-state index in [1.165, 1.54) is 17.5 Å². The number of allylic oxidation sites excluding steroid dienone is 1. The summed E-state index contributed by atoms with van der Waals surface area (Å²) in [5.41, 5.74) is 3.91. The number of carbonyl (C=O) groups excluding carboxylic acids is 2. The van der Waals surface area contributed by atoms with Crippen molar-refractivity contribution >= 4 is 25.0 Å². The van der Waals surface area contributed by atoms with E-state index in [2.05, 4.69) is 13.0 Å². The Morgan fingerprint density at radius 3 is 2.58 bits per heavy atom. The van der Waals surface area contributed by atoms with Crippen LogP contribution in [0.1, 0.15) is 44.6 Å². The highest BCUT2D eigenvalue weighted by Crippen LogP contribution is 2.50. The van der Waals surface area contributed by atoms with Crippen LogP contribution < -0.4 is 0 Å². The summed E-state index contributed by atoms with van der Waals surface area (Å²) in [6, 6.07) is 7.06. The number of amides is 2. The van der Waals surface area contributed by atoms with Gasteiger partial charge in [0.15, 0.2) is 0 Å². The van der Waals surface area contributed by atoms with Gasteiger partial charge in [-0.3, -0.25) is 14.5 Å². The maximum absolute atomic E-state index is 12.9. The fraction of sp³-hybridized carbons (Fsp3) is 0.520. The van der Waals surface area contributed by atoms with E-state index in [-0.39, 0.29) is 36.4 Å². The standard InChI is InChI=1S/C25H32BNO6/c1-3-4-15(11-16-5-8-18(29)9-6-16)7-10-21-22-17(14-28)12-19-23(20(22)13-26(32)33-21)25(31)27(2)24(19)30/h5-6,8-9,11,19-21,23,28-29,32H,3-4,7,10,12-14H2,1-2H3/b15-11+/t19-,20+,21-,23-/m1/s1. The van der Waals surface area contributed by atoms with E-state index in [0.29, 0.717) is 12.8 Å². The molecule has 2 fully saturated rings. The van der Waals surface area contributed by atoms with E-state index < -0.39 is 25.1 Å². The molecule has 3 N–H and O–H groups in total. The van der Waals surface area contributed by atoms with Crippen LogP contribution in [-0.2, 0) is 14.2 Å². The number of aromatic hydroxyl groups is 1. The number of likely N-dealkylation sites (tertiary alicyclic amines) is 1. The monoisotopic (exact) mass is 453 g/mol. The zero-order valence-corrected chi connectivity index (χ0v) is 19.2. The number of aliphatic hydroxyl groups is 1. The maximum atomic E-state index is 12.9. The molecule has 4 atom stereocenters. The Morgan fingerprint density at radius 1 is 1.18 bits per heavy atom. The molecule has 0 radical (unpaired) electrons. The van der Waals surface area contributed by atoms with Crippen LogP contribution in [0.3, 0.4) is 0 Å². The number of benzene rings is 1. The molecule has 0 aromatic heterocycles. The minimum absolute atomic E-state index is 0.179. The topological polar surface area (TPSA) is 107 Å². The fourth-order valence-electron chi connectivity index (χ4n) is 5.78. The molecule has 2 amide bonds. The van der Waals surface area contributed by atoms with Gasteiger partial charge in [-0.1, -0.05) is 37.1 Å². The number of carbonyl (C=O) groups is 2. The Morgan fingerprint density at radius 2 is 1.91 bits per heavy atom. The van der Waals surface area contributed by atoms with Gasteiger partial charge in [-0.2, -0.15) is 0 Å². The first kappa shape index (κ1) is 23.7. The van der Waals surface area contributed by atoms with Gasteiger partial charge >= 0.3 is 7.12 Å². The van der Waals surface area contributed by atoms with E-state index in [1.807, 2.05) is 12.1 Å². The Kier molecular flexibility index (Phi) is 7.07. The summed E-state index contributed by atoms with van der Waals surface area (Å²) in [6.45, 7) is 1.94. The molecule has 0 bridgehead atoms. The summed E-state index contributed by atoms with van der Waals surface area (Å²) in [5, 5.41) is 30.1. The molecule has 4 rings (SSSR count). The van der Waals surface area contributed by atoms with Crippen molar-refractivity contribution in [2.45, 2.75) is 51.5 Å². The van der Waals surface area contributed by atoms with Gasteiger partial charge in [-0.05, 0) is 66.8 Å². The van der Waals surface area contributed by atoms with Gasteiger partial charge in [0.1, 0.15) is 5.75 Å². The zero-order chi connectivity index (χ0) is 23.7. The van der Waals surface area contributed by atoms with Crippen molar-refractivity contribution in [2.75, 3.05) is 13.7 Å². The van der Waals surface area contributed by atoms with Crippen molar-refractivity contribution in [1.29, 1.82) is 0 Å².